The van der Waals surface area contributed by atoms with Crippen LogP contribution in [0.4, 0.5) is 0 Å². The highest BCUT2D eigenvalue weighted by Gasteiger charge is 2.22. The maximum Gasteiger partial charge on any atom is 0.306 e. The van der Waals surface area contributed by atoms with E-state index in [1.807, 2.05) is 21.1 Å². The van der Waals surface area contributed by atoms with Crippen LogP contribution in [0.15, 0.2) is 170 Å². The average molecular weight is 1490 g/mol. The van der Waals surface area contributed by atoms with Gasteiger partial charge < -0.3 is 27.9 Å². The minimum atomic E-state index is -4.67. The first-order chi connectivity index (χ1) is 52.0. The van der Waals surface area contributed by atoms with Crippen molar-refractivity contribution in [1.29, 1.82) is 0 Å². The molecule has 0 saturated carbocycles. The van der Waals surface area contributed by atoms with Crippen LogP contribution in [0.2, 0.25) is 0 Å². The number of phosphoric acid groups is 1. The van der Waals surface area contributed by atoms with Crippen molar-refractivity contribution in [3.05, 3.63) is 170 Å². The van der Waals surface area contributed by atoms with Crippen LogP contribution in [0.1, 0.15) is 373 Å². The van der Waals surface area contributed by atoms with Gasteiger partial charge in [-0.05, 0) is 135 Å². The van der Waals surface area contributed by atoms with E-state index in [2.05, 4.69) is 184 Å². The standard InChI is InChI=1S/C96H164NO8P/c1-6-8-10-12-14-16-18-20-22-24-26-28-30-32-34-36-38-40-42-44-46-48-50-52-54-56-58-60-62-64-66-68-70-72-74-76-78-80-82-84-86-88-95(98)102-92-94(93-104-106(100,101)103-91-90-97(3,4)5)105-96(99)89-87-85-83-81-79-77-75-73-71-69-67-65-63-61-59-57-55-53-51-49-47-45-43-41-39-37-35-33-31-29-27-25-23-21-19-17-15-13-11-9-7-2/h9,11,15,17-18,20-21,23-24,26-27,29,33,35,39,41,45,47,51,53,57,59,63,65,69,71,75,77,94H,6-8,10,12-14,16,19,22,25,28,30-32,34,36-38,40,42-44,46,48-50,52,54-56,58,60-62,64,66-68,70,72-74,76,78-93H2,1-5H3/b11-9-,17-15-,20-18-,23-21-,26-24-,29-27-,35-33-,41-39-,47-45-,53-51-,59-57-,65-63-,71-69-,77-75-. The van der Waals surface area contributed by atoms with E-state index in [4.69, 9.17) is 18.5 Å². The molecule has 0 N–H and O–H groups in total. The number of quaternary nitrogens is 1. The number of rotatable bonds is 80. The fourth-order valence-electron chi connectivity index (χ4n) is 12.1. The van der Waals surface area contributed by atoms with Crippen molar-refractivity contribution in [3.8, 4) is 0 Å². The molecule has 0 aromatic carbocycles. The van der Waals surface area contributed by atoms with Gasteiger partial charge in [-0.25, -0.2) is 0 Å². The molecule has 0 aliphatic carbocycles. The molecule has 2 atom stereocenters. The second kappa shape index (κ2) is 84.4. The minimum absolute atomic E-state index is 0.0426. The highest BCUT2D eigenvalue weighted by atomic mass is 31.2. The van der Waals surface area contributed by atoms with E-state index in [9.17, 15) is 19.0 Å². The Morgan fingerprint density at radius 1 is 0.302 bits per heavy atom. The van der Waals surface area contributed by atoms with Crippen LogP contribution < -0.4 is 4.89 Å². The minimum Gasteiger partial charge on any atom is -0.756 e. The highest BCUT2D eigenvalue weighted by Crippen LogP contribution is 2.38. The van der Waals surface area contributed by atoms with Gasteiger partial charge in [0.1, 0.15) is 19.8 Å². The molecule has 0 heterocycles. The lowest BCUT2D eigenvalue weighted by Gasteiger charge is -2.28. The predicted molar refractivity (Wildman–Crippen MR) is 461 cm³/mol. The summed E-state index contributed by atoms with van der Waals surface area (Å²) in [4.78, 5) is 38.2. The second-order valence-corrected chi connectivity index (χ2v) is 31.6. The molecule has 2 unspecified atom stereocenters. The van der Waals surface area contributed by atoms with Gasteiger partial charge in [-0.1, -0.05) is 396 Å². The molecule has 0 bridgehead atoms. The molecule has 0 rings (SSSR count). The van der Waals surface area contributed by atoms with Crippen LogP contribution in [0.3, 0.4) is 0 Å². The number of carbonyl (C=O) groups is 2. The molecule has 0 radical (unpaired) electrons. The number of esters is 2. The van der Waals surface area contributed by atoms with Crippen LogP contribution in [-0.2, 0) is 32.7 Å². The van der Waals surface area contributed by atoms with Crippen LogP contribution in [0.5, 0.6) is 0 Å². The van der Waals surface area contributed by atoms with E-state index in [0.29, 0.717) is 17.4 Å². The van der Waals surface area contributed by atoms with E-state index in [0.717, 1.165) is 128 Å². The Labute approximate surface area is 655 Å². The van der Waals surface area contributed by atoms with Crippen LogP contribution >= 0.6 is 7.82 Å². The third kappa shape index (κ3) is 88.3. The van der Waals surface area contributed by atoms with Crippen LogP contribution in [0, 0.1) is 0 Å². The average Bonchev–Trinajstić information content (AvgIpc) is 0.908. The second-order valence-electron chi connectivity index (χ2n) is 30.2. The zero-order valence-electron chi connectivity index (χ0n) is 69.3. The van der Waals surface area contributed by atoms with Gasteiger partial charge in [0, 0.05) is 12.8 Å². The third-order valence-electron chi connectivity index (χ3n) is 18.7. The van der Waals surface area contributed by atoms with Gasteiger partial charge in [-0.3, -0.25) is 14.2 Å². The highest BCUT2D eigenvalue weighted by molar-refractivity contribution is 7.45. The number of ether oxygens (including phenoxy) is 2. The molecular weight excluding hydrogens is 1330 g/mol. The molecule has 10 heteroatoms. The quantitative estimate of drug-likeness (QED) is 0.0195. The fourth-order valence-corrected chi connectivity index (χ4v) is 12.8. The number of carbonyl (C=O) groups excluding carboxylic acids is 2. The van der Waals surface area contributed by atoms with E-state index in [1.165, 1.54) is 212 Å². The zero-order chi connectivity index (χ0) is 76.8. The van der Waals surface area contributed by atoms with Crippen molar-refractivity contribution in [2.45, 2.75) is 380 Å². The maximum atomic E-state index is 12.9. The van der Waals surface area contributed by atoms with Crippen molar-refractivity contribution in [2.24, 2.45) is 0 Å². The van der Waals surface area contributed by atoms with Crippen molar-refractivity contribution >= 4 is 19.8 Å². The van der Waals surface area contributed by atoms with Gasteiger partial charge in [0.05, 0.1) is 27.7 Å². The summed E-state index contributed by atoms with van der Waals surface area (Å²) in [7, 11) is 1.14. The normalized spacial score (nSPS) is 13.8. The van der Waals surface area contributed by atoms with Gasteiger partial charge in [-0.2, -0.15) is 0 Å². The fraction of sp³-hybridized carbons (Fsp3) is 0.688. The summed E-state index contributed by atoms with van der Waals surface area (Å²) in [5.74, 6) is -0.859. The lowest BCUT2D eigenvalue weighted by atomic mass is 10.0. The summed E-state index contributed by atoms with van der Waals surface area (Å²) in [6.07, 6.45) is 128. The molecule has 0 saturated heterocycles. The number of hydrogen-bond donors (Lipinski definition) is 0. The number of allylic oxidation sites excluding steroid dienone is 28. The van der Waals surface area contributed by atoms with Gasteiger partial charge in [0.25, 0.3) is 7.82 Å². The van der Waals surface area contributed by atoms with Gasteiger partial charge in [0.2, 0.25) is 0 Å². The zero-order valence-corrected chi connectivity index (χ0v) is 70.2. The number of phosphoric ester groups is 1. The summed E-state index contributed by atoms with van der Waals surface area (Å²) in [6.45, 7) is 4.11. The first-order valence-corrected chi connectivity index (χ1v) is 45.3. The largest absolute Gasteiger partial charge is 0.756 e. The van der Waals surface area contributed by atoms with E-state index >= 15 is 0 Å². The number of nitrogens with zero attached hydrogens (tertiary/aromatic N) is 1. The molecule has 0 fully saturated rings. The Morgan fingerprint density at radius 3 is 0.802 bits per heavy atom. The molecule has 0 amide bonds. The predicted octanol–water partition coefficient (Wildman–Crippen LogP) is 29.3. The monoisotopic (exact) mass is 1490 g/mol. The van der Waals surface area contributed by atoms with Gasteiger partial charge >= 0.3 is 11.9 Å². The Kier molecular flexibility index (Phi) is 80.7. The Hall–Kier alpha value is -4.63. The Bertz CT molecular complexity index is 2410. The van der Waals surface area contributed by atoms with Crippen LogP contribution in [0.25, 0.3) is 0 Å². The number of likely N-dealkylation sites (N-methyl/N-ethyl adjacent to an activating group) is 1. The molecule has 0 spiro atoms. The van der Waals surface area contributed by atoms with Gasteiger partial charge in [-0.15, -0.1) is 0 Å². The third-order valence-corrected chi connectivity index (χ3v) is 19.7. The summed E-state index contributed by atoms with van der Waals surface area (Å²) in [5, 5.41) is 0. The molecule has 606 valence electrons. The first-order valence-electron chi connectivity index (χ1n) is 43.8. The first kappa shape index (κ1) is 101. The topological polar surface area (TPSA) is 111 Å². The maximum absolute atomic E-state index is 12.9. The van der Waals surface area contributed by atoms with E-state index in [1.54, 1.807) is 0 Å². The smallest absolute Gasteiger partial charge is 0.306 e. The van der Waals surface area contributed by atoms with Crippen LogP contribution in [-0.4, -0.2) is 70.0 Å². The van der Waals surface area contributed by atoms with Gasteiger partial charge in [0.15, 0.2) is 6.10 Å². The summed E-state index contributed by atoms with van der Waals surface area (Å²) >= 11 is 0. The molecule has 9 nitrogen and oxygen atoms in total. The molecule has 0 aliphatic rings. The SMILES string of the molecule is CC/C=C\C/C=C\C/C=C\C/C=C\C/C=C\C/C=C\C/C=C\C/C=C\C/C=C\C/C=C\C/C=C\C/C=C\CCCCCCC(=O)OC(COC(=O)CCCCCCCCCCCCCCCCCCCCCCCCCCCCCCC/C=C\C/C=C\CCCCCCC)COP(=O)([O-])OCC[N+](C)(C)C. The molecule has 106 heavy (non-hydrogen) atoms. The summed E-state index contributed by atoms with van der Waals surface area (Å²) < 4.78 is 34.4. The Balaban J connectivity index is 4.01. The summed E-state index contributed by atoms with van der Waals surface area (Å²) in [5.41, 5.74) is 0. The molecule has 0 aliphatic heterocycles. The molecule has 0 aromatic rings. The summed E-state index contributed by atoms with van der Waals surface area (Å²) in [6, 6.07) is 0. The van der Waals surface area contributed by atoms with Crippen molar-refractivity contribution in [1.82, 2.24) is 0 Å². The molecular formula is C96H164NO8P. The van der Waals surface area contributed by atoms with Crippen molar-refractivity contribution in [3.63, 3.8) is 0 Å². The lowest BCUT2D eigenvalue weighted by molar-refractivity contribution is -0.870. The van der Waals surface area contributed by atoms with Crippen molar-refractivity contribution < 1.29 is 42.1 Å². The van der Waals surface area contributed by atoms with Crippen molar-refractivity contribution in [2.75, 3.05) is 47.5 Å². The Morgan fingerprint density at radius 2 is 0.538 bits per heavy atom. The van der Waals surface area contributed by atoms with E-state index in [-0.39, 0.29) is 32.0 Å². The number of unbranched alkanes of at least 4 members (excludes halogenated alkanes) is 38. The molecule has 0 aromatic heterocycles. The van der Waals surface area contributed by atoms with E-state index < -0.39 is 26.5 Å². The lowest BCUT2D eigenvalue weighted by Crippen LogP contribution is -2.37. The number of hydrogen-bond acceptors (Lipinski definition) is 8.